The summed E-state index contributed by atoms with van der Waals surface area (Å²) in [5.41, 5.74) is 0.231. The molecule has 1 N–H and O–H groups in total. The predicted octanol–water partition coefficient (Wildman–Crippen LogP) is 1.55. The van der Waals surface area contributed by atoms with Crippen LogP contribution < -0.4 is 5.32 Å². The zero-order valence-electron chi connectivity index (χ0n) is 6.33. The van der Waals surface area contributed by atoms with Crippen LogP contribution in [0.3, 0.4) is 0 Å². The summed E-state index contributed by atoms with van der Waals surface area (Å²) in [5, 5.41) is 2.13. The molecule has 1 aliphatic rings. The fourth-order valence-electron chi connectivity index (χ4n) is 0.958. The second kappa shape index (κ2) is 3.08. The van der Waals surface area contributed by atoms with Crippen LogP contribution in [-0.4, -0.2) is 11.8 Å². The molecule has 0 aromatic carbocycles. The Hall–Kier alpha value is -0.940. The molecule has 0 spiro atoms. The SMILES string of the molecule is O=C1NC(=O)C1=Cc1ccc(Br)s1. The first kappa shape index (κ1) is 8.65. The van der Waals surface area contributed by atoms with Crippen LogP contribution in [0.4, 0.5) is 0 Å². The molecule has 0 bridgehead atoms. The van der Waals surface area contributed by atoms with Crippen LogP contribution in [-0.2, 0) is 9.59 Å². The van der Waals surface area contributed by atoms with Crippen LogP contribution in [0, 0.1) is 0 Å². The molecule has 1 aromatic rings. The van der Waals surface area contributed by atoms with Crippen molar-refractivity contribution in [2.45, 2.75) is 0 Å². The van der Waals surface area contributed by atoms with Gasteiger partial charge in [0.05, 0.1) is 3.79 Å². The Morgan fingerprint density at radius 3 is 2.46 bits per heavy atom. The molecule has 5 heteroatoms. The van der Waals surface area contributed by atoms with Crippen molar-refractivity contribution >= 4 is 45.2 Å². The van der Waals surface area contributed by atoms with E-state index >= 15 is 0 Å². The van der Waals surface area contributed by atoms with Gasteiger partial charge in [-0.3, -0.25) is 14.9 Å². The highest BCUT2D eigenvalue weighted by Crippen LogP contribution is 2.25. The smallest absolute Gasteiger partial charge is 0.263 e. The Morgan fingerprint density at radius 1 is 1.31 bits per heavy atom. The van der Waals surface area contributed by atoms with Gasteiger partial charge in [0, 0.05) is 4.88 Å². The minimum Gasteiger partial charge on any atom is -0.288 e. The molecule has 0 unspecified atom stereocenters. The van der Waals surface area contributed by atoms with E-state index < -0.39 is 0 Å². The van der Waals surface area contributed by atoms with Crippen molar-refractivity contribution in [1.29, 1.82) is 0 Å². The van der Waals surface area contributed by atoms with Gasteiger partial charge in [-0.15, -0.1) is 11.3 Å². The van der Waals surface area contributed by atoms with Gasteiger partial charge >= 0.3 is 0 Å². The summed E-state index contributed by atoms with van der Waals surface area (Å²) in [7, 11) is 0. The lowest BCUT2D eigenvalue weighted by Gasteiger charge is -2.14. The van der Waals surface area contributed by atoms with E-state index in [1.807, 2.05) is 12.1 Å². The Morgan fingerprint density at radius 2 is 2.00 bits per heavy atom. The maximum atomic E-state index is 10.8. The van der Waals surface area contributed by atoms with Crippen molar-refractivity contribution in [3.05, 3.63) is 26.4 Å². The average molecular weight is 258 g/mol. The van der Waals surface area contributed by atoms with Gasteiger partial charge in [0.1, 0.15) is 5.57 Å². The van der Waals surface area contributed by atoms with Gasteiger partial charge in [-0.1, -0.05) is 0 Å². The van der Waals surface area contributed by atoms with E-state index in [9.17, 15) is 9.59 Å². The average Bonchev–Trinajstić information content (AvgIpc) is 2.48. The number of hydrogen-bond acceptors (Lipinski definition) is 3. The number of imide groups is 1. The molecule has 0 radical (unpaired) electrons. The summed E-state index contributed by atoms with van der Waals surface area (Å²) >= 11 is 4.77. The third-order valence-electron chi connectivity index (χ3n) is 1.60. The fourth-order valence-corrected chi connectivity index (χ4v) is 2.32. The van der Waals surface area contributed by atoms with Gasteiger partial charge in [0.2, 0.25) is 0 Å². The van der Waals surface area contributed by atoms with Gasteiger partial charge in [-0.05, 0) is 34.1 Å². The van der Waals surface area contributed by atoms with Gasteiger partial charge in [-0.25, -0.2) is 0 Å². The number of carbonyl (C=O) groups is 2. The number of halogens is 1. The Balaban J connectivity index is 2.30. The van der Waals surface area contributed by atoms with E-state index in [1.54, 1.807) is 6.08 Å². The molecular weight excluding hydrogens is 254 g/mol. The minimum absolute atomic E-state index is 0.231. The van der Waals surface area contributed by atoms with Crippen LogP contribution in [0.5, 0.6) is 0 Å². The molecule has 3 nitrogen and oxygen atoms in total. The number of carbonyl (C=O) groups excluding carboxylic acids is 2. The molecule has 0 aliphatic carbocycles. The van der Waals surface area contributed by atoms with E-state index in [-0.39, 0.29) is 17.4 Å². The fraction of sp³-hybridized carbons (Fsp3) is 0. The monoisotopic (exact) mass is 257 g/mol. The van der Waals surface area contributed by atoms with Gasteiger partial charge < -0.3 is 0 Å². The van der Waals surface area contributed by atoms with Gasteiger partial charge in [0.15, 0.2) is 0 Å². The summed E-state index contributed by atoms with van der Waals surface area (Å²) in [6, 6.07) is 3.72. The van der Waals surface area contributed by atoms with Crippen LogP contribution in [0.15, 0.2) is 21.5 Å². The summed E-state index contributed by atoms with van der Waals surface area (Å²) < 4.78 is 0.978. The highest BCUT2D eigenvalue weighted by molar-refractivity contribution is 9.11. The molecule has 1 saturated heterocycles. The molecule has 1 aromatic heterocycles. The van der Waals surface area contributed by atoms with Crippen molar-refractivity contribution in [3.8, 4) is 0 Å². The molecule has 2 rings (SSSR count). The molecule has 13 heavy (non-hydrogen) atoms. The van der Waals surface area contributed by atoms with Gasteiger partial charge in [-0.2, -0.15) is 0 Å². The van der Waals surface area contributed by atoms with E-state index in [0.717, 1.165) is 8.66 Å². The largest absolute Gasteiger partial charge is 0.288 e. The lowest BCUT2D eigenvalue weighted by molar-refractivity contribution is -0.134. The molecule has 1 aliphatic heterocycles. The van der Waals surface area contributed by atoms with Crippen molar-refractivity contribution in [1.82, 2.24) is 5.32 Å². The molecule has 2 amide bonds. The van der Waals surface area contributed by atoms with Crippen LogP contribution in [0.2, 0.25) is 0 Å². The Bertz CT molecular complexity index is 406. The van der Waals surface area contributed by atoms with E-state index in [0.29, 0.717) is 0 Å². The maximum absolute atomic E-state index is 10.8. The second-order valence-electron chi connectivity index (χ2n) is 2.48. The predicted molar refractivity (Wildman–Crippen MR) is 53.1 cm³/mol. The summed E-state index contributed by atoms with van der Waals surface area (Å²) in [6.45, 7) is 0. The molecule has 2 heterocycles. The highest BCUT2D eigenvalue weighted by atomic mass is 79.9. The Labute approximate surface area is 86.6 Å². The van der Waals surface area contributed by atoms with Crippen LogP contribution in [0.1, 0.15) is 4.88 Å². The third kappa shape index (κ3) is 1.57. The zero-order chi connectivity index (χ0) is 9.42. The summed E-state index contributed by atoms with van der Waals surface area (Å²) in [4.78, 5) is 22.6. The molecule has 0 atom stereocenters. The molecular formula is C8H4BrNO2S. The molecule has 66 valence electrons. The first-order valence-electron chi connectivity index (χ1n) is 3.49. The number of amides is 2. The third-order valence-corrected chi connectivity index (χ3v) is 3.17. The van der Waals surface area contributed by atoms with Crippen molar-refractivity contribution < 1.29 is 9.59 Å². The van der Waals surface area contributed by atoms with Crippen molar-refractivity contribution in [2.75, 3.05) is 0 Å². The number of β-lactam (4-membered cyclic amide) rings is 2. The minimum atomic E-state index is -0.297. The number of thiophene rings is 1. The lowest BCUT2D eigenvalue weighted by Crippen LogP contribution is -2.47. The Kier molecular flexibility index (Phi) is 2.05. The first-order valence-corrected chi connectivity index (χ1v) is 5.10. The summed E-state index contributed by atoms with van der Waals surface area (Å²) in [5.74, 6) is -0.593. The molecule has 1 fully saturated rings. The first-order chi connectivity index (χ1) is 6.16. The zero-order valence-corrected chi connectivity index (χ0v) is 8.74. The van der Waals surface area contributed by atoms with Crippen molar-refractivity contribution in [3.63, 3.8) is 0 Å². The van der Waals surface area contributed by atoms with E-state index in [4.69, 9.17) is 0 Å². The van der Waals surface area contributed by atoms with Crippen molar-refractivity contribution in [2.24, 2.45) is 0 Å². The summed E-state index contributed by atoms with van der Waals surface area (Å²) in [6.07, 6.45) is 1.59. The quantitative estimate of drug-likeness (QED) is 0.472. The highest BCUT2D eigenvalue weighted by Gasteiger charge is 2.30. The van der Waals surface area contributed by atoms with Crippen LogP contribution in [0.25, 0.3) is 6.08 Å². The number of rotatable bonds is 1. The lowest BCUT2D eigenvalue weighted by atomic mass is 10.1. The standard InChI is InChI=1S/C8H4BrNO2S/c9-6-2-1-4(13-6)3-5-7(11)10-8(5)12/h1-3H,(H,10,11,12). The van der Waals surface area contributed by atoms with Crippen LogP contribution >= 0.6 is 27.3 Å². The maximum Gasteiger partial charge on any atom is 0.263 e. The van der Waals surface area contributed by atoms with E-state index in [2.05, 4.69) is 21.2 Å². The number of nitrogens with one attached hydrogen (secondary N) is 1. The molecule has 0 saturated carbocycles. The normalized spacial score (nSPS) is 15.3. The second-order valence-corrected chi connectivity index (χ2v) is 4.98. The number of hydrogen-bond donors (Lipinski definition) is 1. The topological polar surface area (TPSA) is 46.2 Å². The van der Waals surface area contributed by atoms with Gasteiger partial charge in [0.25, 0.3) is 11.8 Å². The van der Waals surface area contributed by atoms with E-state index in [1.165, 1.54) is 11.3 Å².